The van der Waals surface area contributed by atoms with Crippen molar-refractivity contribution in [3.8, 4) is 5.75 Å². The molecule has 2 amide bonds. The fraction of sp³-hybridized carbons (Fsp3) is 0.579. The monoisotopic (exact) mass is 332 g/mol. The normalized spacial score (nSPS) is 20.5. The van der Waals surface area contributed by atoms with Crippen LogP contribution in [0.5, 0.6) is 5.75 Å². The topological polar surface area (TPSA) is 58.6 Å². The molecule has 1 aromatic rings. The number of carbonyl (C=O) groups is 2. The predicted octanol–water partition coefficient (Wildman–Crippen LogP) is 3.13. The molecule has 0 bridgehead atoms. The molecule has 0 aromatic heterocycles. The van der Waals surface area contributed by atoms with Crippen molar-refractivity contribution < 1.29 is 14.3 Å². The summed E-state index contributed by atoms with van der Waals surface area (Å²) in [6.07, 6.45) is 1.85. The van der Waals surface area contributed by atoms with Gasteiger partial charge >= 0.3 is 0 Å². The number of amides is 2. The van der Waals surface area contributed by atoms with Crippen molar-refractivity contribution in [3.05, 3.63) is 24.3 Å². The average molecular weight is 332 g/mol. The number of carbonyl (C=O) groups excluding carboxylic acids is 2. The Morgan fingerprint density at radius 3 is 2.58 bits per heavy atom. The molecule has 1 N–H and O–H groups in total. The minimum atomic E-state index is -0.832. The van der Waals surface area contributed by atoms with Gasteiger partial charge in [-0.2, -0.15) is 0 Å². The Kier molecular flexibility index (Phi) is 5.86. The Bertz CT molecular complexity index is 583. The third-order valence-corrected chi connectivity index (χ3v) is 4.47. The second-order valence-electron chi connectivity index (χ2n) is 6.87. The largest absolute Gasteiger partial charge is 0.494 e. The van der Waals surface area contributed by atoms with E-state index in [1.807, 2.05) is 38.1 Å². The molecule has 1 heterocycles. The van der Waals surface area contributed by atoms with Crippen molar-refractivity contribution >= 4 is 17.5 Å². The van der Waals surface area contributed by atoms with Crippen LogP contribution in [0.2, 0.25) is 0 Å². The van der Waals surface area contributed by atoms with E-state index < -0.39 is 5.54 Å². The van der Waals surface area contributed by atoms with E-state index in [-0.39, 0.29) is 11.8 Å². The lowest BCUT2D eigenvalue weighted by atomic mass is 9.96. The number of hydrogen-bond donors (Lipinski definition) is 1. The Morgan fingerprint density at radius 1 is 1.33 bits per heavy atom. The Hall–Kier alpha value is -2.04. The SMILES string of the molecule is CCOc1ccc(N2C(=O)CC[C@]2(C)C(=O)NCCC(C)C)cc1. The highest BCUT2D eigenvalue weighted by Crippen LogP contribution is 2.36. The highest BCUT2D eigenvalue weighted by atomic mass is 16.5. The standard InChI is InChI=1S/C19H28N2O3/c1-5-24-16-8-6-15(7-9-16)21-17(22)10-12-19(21,4)18(23)20-13-11-14(2)3/h6-9,14H,5,10-13H2,1-4H3,(H,20,23)/t19-/m1/s1. The van der Waals surface area contributed by atoms with Crippen LogP contribution >= 0.6 is 0 Å². The molecule has 1 fully saturated rings. The van der Waals surface area contributed by atoms with Gasteiger partial charge < -0.3 is 10.1 Å². The first-order valence-electron chi connectivity index (χ1n) is 8.72. The molecule has 24 heavy (non-hydrogen) atoms. The van der Waals surface area contributed by atoms with Gasteiger partial charge in [0.15, 0.2) is 0 Å². The van der Waals surface area contributed by atoms with Crippen molar-refractivity contribution in [2.45, 2.75) is 52.5 Å². The number of benzene rings is 1. The van der Waals surface area contributed by atoms with Crippen molar-refractivity contribution in [2.75, 3.05) is 18.1 Å². The molecule has 5 heteroatoms. The predicted molar refractivity (Wildman–Crippen MR) is 95.2 cm³/mol. The molecule has 2 rings (SSSR count). The van der Waals surface area contributed by atoms with Crippen LogP contribution < -0.4 is 15.0 Å². The Balaban J connectivity index is 2.16. The first kappa shape index (κ1) is 18.3. The molecule has 1 aliphatic rings. The van der Waals surface area contributed by atoms with Crippen LogP contribution in [-0.4, -0.2) is 30.5 Å². The molecule has 0 aliphatic carbocycles. The zero-order chi connectivity index (χ0) is 17.7. The van der Waals surface area contributed by atoms with Crippen molar-refractivity contribution in [2.24, 2.45) is 5.92 Å². The van der Waals surface area contributed by atoms with Gasteiger partial charge in [0.25, 0.3) is 0 Å². The van der Waals surface area contributed by atoms with Gasteiger partial charge in [-0.15, -0.1) is 0 Å². The maximum absolute atomic E-state index is 12.7. The van der Waals surface area contributed by atoms with Gasteiger partial charge in [0.1, 0.15) is 11.3 Å². The highest BCUT2D eigenvalue weighted by molar-refractivity contribution is 6.06. The van der Waals surface area contributed by atoms with Gasteiger partial charge in [0.2, 0.25) is 11.8 Å². The van der Waals surface area contributed by atoms with Gasteiger partial charge in [-0.25, -0.2) is 0 Å². The molecule has 1 aliphatic heterocycles. The Morgan fingerprint density at radius 2 is 2.00 bits per heavy atom. The summed E-state index contributed by atoms with van der Waals surface area (Å²) in [6, 6.07) is 7.35. The van der Waals surface area contributed by atoms with Gasteiger partial charge in [-0.1, -0.05) is 13.8 Å². The molecule has 5 nitrogen and oxygen atoms in total. The molecule has 0 spiro atoms. The third kappa shape index (κ3) is 3.89. The average Bonchev–Trinajstić information content (AvgIpc) is 2.85. The van der Waals surface area contributed by atoms with Crippen LogP contribution in [-0.2, 0) is 9.59 Å². The molecule has 1 saturated heterocycles. The molecule has 0 unspecified atom stereocenters. The summed E-state index contributed by atoms with van der Waals surface area (Å²) in [5.74, 6) is 1.20. The number of anilines is 1. The zero-order valence-electron chi connectivity index (χ0n) is 15.1. The maximum Gasteiger partial charge on any atom is 0.246 e. The summed E-state index contributed by atoms with van der Waals surface area (Å²) in [6.45, 7) is 9.25. The molecule has 0 radical (unpaired) electrons. The van der Waals surface area contributed by atoms with E-state index in [1.165, 1.54) is 0 Å². The van der Waals surface area contributed by atoms with Gasteiger partial charge in [-0.3, -0.25) is 14.5 Å². The smallest absolute Gasteiger partial charge is 0.246 e. The number of nitrogens with zero attached hydrogens (tertiary/aromatic N) is 1. The van der Waals surface area contributed by atoms with E-state index >= 15 is 0 Å². The van der Waals surface area contributed by atoms with E-state index in [0.717, 1.165) is 17.9 Å². The number of nitrogens with one attached hydrogen (secondary N) is 1. The van der Waals surface area contributed by atoms with Crippen LogP contribution in [0.3, 0.4) is 0 Å². The quantitative estimate of drug-likeness (QED) is 0.834. The molecule has 1 atom stereocenters. The number of hydrogen-bond acceptors (Lipinski definition) is 3. The zero-order valence-corrected chi connectivity index (χ0v) is 15.1. The summed E-state index contributed by atoms with van der Waals surface area (Å²) in [5, 5.41) is 2.99. The van der Waals surface area contributed by atoms with Crippen molar-refractivity contribution in [1.82, 2.24) is 5.32 Å². The first-order chi connectivity index (χ1) is 11.4. The van der Waals surface area contributed by atoms with Gasteiger partial charge in [0.05, 0.1) is 6.61 Å². The number of rotatable bonds is 7. The van der Waals surface area contributed by atoms with Crippen LogP contribution in [0.1, 0.15) is 47.0 Å². The maximum atomic E-state index is 12.7. The fourth-order valence-corrected chi connectivity index (χ4v) is 3.02. The fourth-order valence-electron chi connectivity index (χ4n) is 3.02. The van der Waals surface area contributed by atoms with Crippen LogP contribution in [0.25, 0.3) is 0 Å². The summed E-state index contributed by atoms with van der Waals surface area (Å²) in [4.78, 5) is 26.8. The summed E-state index contributed by atoms with van der Waals surface area (Å²) >= 11 is 0. The second-order valence-corrected chi connectivity index (χ2v) is 6.87. The van der Waals surface area contributed by atoms with E-state index in [2.05, 4.69) is 19.2 Å². The first-order valence-corrected chi connectivity index (χ1v) is 8.72. The summed E-state index contributed by atoms with van der Waals surface area (Å²) < 4.78 is 5.44. The van der Waals surface area contributed by atoms with Crippen molar-refractivity contribution in [1.29, 1.82) is 0 Å². The van der Waals surface area contributed by atoms with Crippen LogP contribution in [0, 0.1) is 5.92 Å². The molecule has 132 valence electrons. The lowest BCUT2D eigenvalue weighted by Gasteiger charge is -2.34. The van der Waals surface area contributed by atoms with E-state index in [0.29, 0.717) is 31.9 Å². The van der Waals surface area contributed by atoms with Crippen LogP contribution in [0.15, 0.2) is 24.3 Å². The van der Waals surface area contributed by atoms with Crippen molar-refractivity contribution in [3.63, 3.8) is 0 Å². The third-order valence-electron chi connectivity index (χ3n) is 4.47. The second kappa shape index (κ2) is 7.69. The summed E-state index contributed by atoms with van der Waals surface area (Å²) in [5.41, 5.74) is -0.0938. The van der Waals surface area contributed by atoms with E-state index in [1.54, 1.807) is 4.90 Å². The summed E-state index contributed by atoms with van der Waals surface area (Å²) in [7, 11) is 0. The molecule has 0 saturated carbocycles. The molecular weight excluding hydrogens is 304 g/mol. The molecular formula is C19H28N2O3. The highest BCUT2D eigenvalue weighted by Gasteiger charge is 2.47. The van der Waals surface area contributed by atoms with Gasteiger partial charge in [-0.05, 0) is 56.9 Å². The number of ether oxygens (including phenoxy) is 1. The molecule has 1 aromatic carbocycles. The van der Waals surface area contributed by atoms with Crippen LogP contribution in [0.4, 0.5) is 5.69 Å². The van der Waals surface area contributed by atoms with Gasteiger partial charge in [0, 0.05) is 18.7 Å². The lowest BCUT2D eigenvalue weighted by molar-refractivity contribution is -0.127. The Labute approximate surface area is 144 Å². The van der Waals surface area contributed by atoms with E-state index in [9.17, 15) is 9.59 Å². The minimum Gasteiger partial charge on any atom is -0.494 e. The van der Waals surface area contributed by atoms with E-state index in [4.69, 9.17) is 4.74 Å². The minimum absolute atomic E-state index is 0.0133. The lowest BCUT2D eigenvalue weighted by Crippen LogP contribution is -2.55.